The molecule has 3 heterocycles. The van der Waals surface area contributed by atoms with Crippen LogP contribution in [0.4, 0.5) is 9.52 Å². The van der Waals surface area contributed by atoms with Crippen molar-refractivity contribution in [3.63, 3.8) is 0 Å². The molecule has 1 amide bonds. The van der Waals surface area contributed by atoms with Crippen LogP contribution >= 0.6 is 11.3 Å². The molecule has 2 aliphatic heterocycles. The second-order valence-corrected chi connectivity index (χ2v) is 10.2. The van der Waals surface area contributed by atoms with Gasteiger partial charge in [-0.3, -0.25) is 14.5 Å². The molecular weight excluding hydrogens is 507 g/mol. The van der Waals surface area contributed by atoms with E-state index in [1.807, 2.05) is 19.9 Å². The molecule has 0 saturated carbocycles. The maximum atomic E-state index is 15.2. The third-order valence-electron chi connectivity index (χ3n) is 6.68. The van der Waals surface area contributed by atoms with Gasteiger partial charge in [0.15, 0.2) is 5.13 Å². The Hall–Kier alpha value is -4.24. The number of rotatable bonds is 5. The monoisotopic (exact) mass is 530 g/mol. The maximum absolute atomic E-state index is 15.2. The molecule has 38 heavy (non-hydrogen) atoms. The number of carbonyl (C=O) groups excluding carboxylic acids is 2. The minimum absolute atomic E-state index is 0.00586. The van der Waals surface area contributed by atoms with E-state index in [4.69, 9.17) is 9.47 Å². The van der Waals surface area contributed by atoms with Gasteiger partial charge in [-0.1, -0.05) is 29.5 Å². The lowest BCUT2D eigenvalue weighted by atomic mass is 9.94. The van der Waals surface area contributed by atoms with Gasteiger partial charge in [-0.25, -0.2) is 9.37 Å². The standard InChI is InChI=1S/C29H23FN2O5S/c1-3-36-18-9-10-21-23(14-18)38-29(31-21)32-25(19-6-4-5-7-20(19)30)24(27(34)28(32)35)26(33)16-8-11-22-17(13-16)12-15(2)37-22/h4-11,13-15,25,33H,3,12H2,1-2H3/t15-,25+/m0/s1. The summed E-state index contributed by atoms with van der Waals surface area (Å²) >= 11 is 1.19. The second-order valence-electron chi connectivity index (χ2n) is 9.20. The summed E-state index contributed by atoms with van der Waals surface area (Å²) in [5.41, 5.74) is 1.73. The van der Waals surface area contributed by atoms with E-state index in [2.05, 4.69) is 4.98 Å². The van der Waals surface area contributed by atoms with Crippen molar-refractivity contribution >= 4 is 44.1 Å². The number of aromatic nitrogens is 1. The predicted molar refractivity (Wildman–Crippen MR) is 142 cm³/mol. The van der Waals surface area contributed by atoms with Crippen molar-refractivity contribution in [2.24, 2.45) is 0 Å². The maximum Gasteiger partial charge on any atom is 0.301 e. The number of halogens is 1. The number of hydrogen-bond donors (Lipinski definition) is 1. The molecule has 9 heteroatoms. The molecular formula is C29H23FN2O5S. The molecule has 0 bridgehead atoms. The average molecular weight is 531 g/mol. The Morgan fingerprint density at radius 1 is 1.18 bits per heavy atom. The number of aliphatic hydroxyl groups is 1. The number of ether oxygens (including phenoxy) is 2. The number of thiazole rings is 1. The minimum Gasteiger partial charge on any atom is -0.507 e. The van der Waals surface area contributed by atoms with Crippen molar-refractivity contribution in [3.8, 4) is 11.5 Å². The third-order valence-corrected chi connectivity index (χ3v) is 7.70. The van der Waals surface area contributed by atoms with E-state index < -0.39 is 23.5 Å². The van der Waals surface area contributed by atoms with Crippen LogP contribution in [0.3, 0.4) is 0 Å². The molecule has 3 aromatic carbocycles. The first kappa shape index (κ1) is 24.1. The molecule has 1 N–H and O–H groups in total. The van der Waals surface area contributed by atoms with Crippen molar-refractivity contribution in [2.75, 3.05) is 11.5 Å². The summed E-state index contributed by atoms with van der Waals surface area (Å²) in [6.45, 7) is 4.32. The lowest BCUT2D eigenvalue weighted by Crippen LogP contribution is -2.29. The predicted octanol–water partition coefficient (Wildman–Crippen LogP) is 5.78. The van der Waals surface area contributed by atoms with Gasteiger partial charge in [-0.2, -0.15) is 0 Å². The Kier molecular flexibility index (Phi) is 5.87. The third kappa shape index (κ3) is 3.90. The van der Waals surface area contributed by atoms with Gasteiger partial charge in [0.25, 0.3) is 5.78 Å². The summed E-state index contributed by atoms with van der Waals surface area (Å²) in [6.07, 6.45) is 0.644. The van der Waals surface area contributed by atoms with Gasteiger partial charge >= 0.3 is 5.91 Å². The zero-order valence-corrected chi connectivity index (χ0v) is 21.4. The number of hydrogen-bond acceptors (Lipinski definition) is 7. The van der Waals surface area contributed by atoms with E-state index in [0.717, 1.165) is 10.3 Å². The summed E-state index contributed by atoms with van der Waals surface area (Å²) in [5, 5.41) is 11.6. The average Bonchev–Trinajstić information content (AvgIpc) is 3.56. The number of nitrogens with zero attached hydrogens (tertiary/aromatic N) is 2. The highest BCUT2D eigenvalue weighted by molar-refractivity contribution is 7.22. The normalized spacial score (nSPS) is 20.1. The SMILES string of the molecule is CCOc1ccc2nc(N3C(=O)C(=O)C(=C(O)c4ccc5c(c4)C[C@H](C)O5)[C@H]3c3ccccc3F)sc2c1. The number of benzene rings is 3. The quantitative estimate of drug-likeness (QED) is 0.200. The first-order valence-corrected chi connectivity index (χ1v) is 13.1. The van der Waals surface area contributed by atoms with E-state index in [9.17, 15) is 14.7 Å². The molecule has 0 unspecified atom stereocenters. The Morgan fingerprint density at radius 2 is 2.00 bits per heavy atom. The highest BCUT2D eigenvalue weighted by Crippen LogP contribution is 2.45. The molecule has 1 fully saturated rings. The number of amides is 1. The number of carbonyl (C=O) groups is 2. The topological polar surface area (TPSA) is 89.0 Å². The number of aliphatic hydroxyl groups excluding tert-OH is 1. The van der Waals surface area contributed by atoms with Gasteiger partial charge < -0.3 is 14.6 Å². The molecule has 1 saturated heterocycles. The van der Waals surface area contributed by atoms with Gasteiger partial charge in [0, 0.05) is 17.5 Å². The Balaban J connectivity index is 1.52. The Bertz CT molecular complexity index is 1650. The number of fused-ring (bicyclic) bond motifs is 2. The summed E-state index contributed by atoms with van der Waals surface area (Å²) < 4.78 is 27.2. The summed E-state index contributed by atoms with van der Waals surface area (Å²) in [5.74, 6) is -1.41. The van der Waals surface area contributed by atoms with Crippen LogP contribution in [0.15, 0.2) is 66.2 Å². The van der Waals surface area contributed by atoms with Crippen LogP contribution in [0.5, 0.6) is 11.5 Å². The number of ketones is 1. The van der Waals surface area contributed by atoms with Crippen LogP contribution < -0.4 is 14.4 Å². The lowest BCUT2D eigenvalue weighted by Gasteiger charge is -2.23. The van der Waals surface area contributed by atoms with Crippen LogP contribution in [-0.4, -0.2) is 34.5 Å². The highest BCUT2D eigenvalue weighted by Gasteiger charge is 2.49. The van der Waals surface area contributed by atoms with E-state index in [1.54, 1.807) is 36.4 Å². The van der Waals surface area contributed by atoms with Crippen LogP contribution in [0.2, 0.25) is 0 Å². The first-order chi connectivity index (χ1) is 18.4. The van der Waals surface area contributed by atoms with E-state index in [-0.39, 0.29) is 28.1 Å². The minimum atomic E-state index is -1.20. The van der Waals surface area contributed by atoms with Crippen molar-refractivity contribution in [3.05, 3.63) is 88.7 Å². The van der Waals surface area contributed by atoms with Crippen LogP contribution in [0.25, 0.3) is 16.0 Å². The molecule has 4 aromatic rings. The summed E-state index contributed by atoms with van der Waals surface area (Å²) in [7, 11) is 0. The van der Waals surface area contributed by atoms with Crippen molar-refractivity contribution < 1.29 is 28.6 Å². The molecule has 7 nitrogen and oxygen atoms in total. The molecule has 2 atom stereocenters. The van der Waals surface area contributed by atoms with Gasteiger partial charge in [-0.15, -0.1) is 0 Å². The Morgan fingerprint density at radius 3 is 2.79 bits per heavy atom. The lowest BCUT2D eigenvalue weighted by molar-refractivity contribution is -0.132. The first-order valence-electron chi connectivity index (χ1n) is 12.2. The number of anilines is 1. The van der Waals surface area contributed by atoms with Crippen molar-refractivity contribution in [2.45, 2.75) is 32.4 Å². The number of Topliss-reactive ketones (excluding diaryl/α,β-unsaturated/α-hetero) is 1. The van der Waals surface area contributed by atoms with Crippen LogP contribution in [0.1, 0.15) is 36.6 Å². The molecule has 2 aliphatic rings. The van der Waals surface area contributed by atoms with Gasteiger partial charge in [0.2, 0.25) is 0 Å². The molecule has 0 spiro atoms. The molecule has 1 aromatic heterocycles. The van der Waals surface area contributed by atoms with E-state index in [0.29, 0.717) is 35.6 Å². The van der Waals surface area contributed by atoms with Crippen LogP contribution in [-0.2, 0) is 16.0 Å². The summed E-state index contributed by atoms with van der Waals surface area (Å²) in [4.78, 5) is 32.7. The molecule has 6 rings (SSSR count). The Labute approximate surface area is 221 Å². The van der Waals surface area contributed by atoms with E-state index >= 15 is 4.39 Å². The second kappa shape index (κ2) is 9.25. The van der Waals surface area contributed by atoms with Crippen molar-refractivity contribution in [1.82, 2.24) is 4.98 Å². The fourth-order valence-electron chi connectivity index (χ4n) is 5.00. The smallest absolute Gasteiger partial charge is 0.301 e. The van der Waals surface area contributed by atoms with Crippen LogP contribution in [0, 0.1) is 5.82 Å². The van der Waals surface area contributed by atoms with Crippen molar-refractivity contribution in [1.29, 1.82) is 0 Å². The largest absolute Gasteiger partial charge is 0.507 e. The molecule has 0 radical (unpaired) electrons. The highest BCUT2D eigenvalue weighted by atomic mass is 32.1. The van der Waals surface area contributed by atoms with Gasteiger partial charge in [0.05, 0.1) is 22.4 Å². The zero-order chi connectivity index (χ0) is 26.6. The van der Waals surface area contributed by atoms with Gasteiger partial charge in [-0.05, 0) is 61.9 Å². The zero-order valence-electron chi connectivity index (χ0n) is 20.6. The molecule has 192 valence electrons. The molecule has 0 aliphatic carbocycles. The fraction of sp³-hybridized carbons (Fsp3) is 0.207. The fourth-order valence-corrected chi connectivity index (χ4v) is 6.02. The van der Waals surface area contributed by atoms with E-state index in [1.165, 1.54) is 34.4 Å². The summed E-state index contributed by atoms with van der Waals surface area (Å²) in [6, 6.07) is 15.2. The van der Waals surface area contributed by atoms with Gasteiger partial charge in [0.1, 0.15) is 35.2 Å².